The molecule has 1 aromatic heterocycles. The zero-order chi connectivity index (χ0) is 17.5. The molecule has 0 radical (unpaired) electrons. The van der Waals surface area contributed by atoms with Crippen molar-refractivity contribution < 1.29 is 19.1 Å². The number of rotatable bonds is 6. The molecule has 0 aliphatic carbocycles. The maximum atomic E-state index is 12.0. The maximum Gasteiger partial charge on any atom is 0.331 e. The number of hydrogen-bond donors (Lipinski definition) is 1. The number of nitrogens with one attached hydrogen (secondary N) is 1. The second kappa shape index (κ2) is 8.31. The van der Waals surface area contributed by atoms with E-state index in [1.165, 1.54) is 24.3 Å². The van der Waals surface area contributed by atoms with E-state index in [0.717, 1.165) is 10.4 Å². The molecule has 0 unspecified atom stereocenters. The molecule has 0 bridgehead atoms. The molecule has 0 spiro atoms. The Morgan fingerprint density at radius 1 is 1.21 bits per heavy atom. The van der Waals surface area contributed by atoms with Crippen molar-refractivity contribution in [2.75, 3.05) is 12.4 Å². The van der Waals surface area contributed by atoms with Crippen LogP contribution in [0.1, 0.15) is 17.4 Å². The van der Waals surface area contributed by atoms with Gasteiger partial charge in [-0.25, -0.2) is 4.79 Å². The largest absolute Gasteiger partial charge is 0.497 e. The SMILES string of the molecule is COc1ccc(NC(=O)[C@@H](C)OC(=O)/C=C/c2sccc2C)cc1. The zero-order valence-corrected chi connectivity index (χ0v) is 14.6. The third-order valence-electron chi connectivity index (χ3n) is 3.29. The molecule has 1 aromatic carbocycles. The van der Waals surface area contributed by atoms with E-state index in [2.05, 4.69) is 5.32 Å². The Hall–Kier alpha value is -2.60. The Labute approximate surface area is 144 Å². The van der Waals surface area contributed by atoms with E-state index in [1.807, 2.05) is 18.4 Å². The van der Waals surface area contributed by atoms with Crippen LogP contribution < -0.4 is 10.1 Å². The summed E-state index contributed by atoms with van der Waals surface area (Å²) in [6.07, 6.45) is 2.13. The Bertz CT molecular complexity index is 734. The van der Waals surface area contributed by atoms with Crippen molar-refractivity contribution in [1.29, 1.82) is 0 Å². The monoisotopic (exact) mass is 345 g/mol. The Kier molecular flexibility index (Phi) is 6.14. The first kappa shape index (κ1) is 17.7. The molecule has 1 N–H and O–H groups in total. The number of anilines is 1. The number of aryl methyl sites for hydroxylation is 1. The molecule has 0 saturated heterocycles. The van der Waals surface area contributed by atoms with Gasteiger partial charge in [-0.05, 0) is 61.2 Å². The lowest BCUT2D eigenvalue weighted by Gasteiger charge is -2.12. The first-order chi connectivity index (χ1) is 11.5. The van der Waals surface area contributed by atoms with Gasteiger partial charge in [0.15, 0.2) is 6.10 Å². The summed E-state index contributed by atoms with van der Waals surface area (Å²) >= 11 is 1.54. The molecule has 1 atom stereocenters. The fraction of sp³-hybridized carbons (Fsp3) is 0.222. The third-order valence-corrected chi connectivity index (χ3v) is 4.28. The van der Waals surface area contributed by atoms with Gasteiger partial charge in [-0.1, -0.05) is 0 Å². The van der Waals surface area contributed by atoms with Gasteiger partial charge in [-0.15, -0.1) is 11.3 Å². The van der Waals surface area contributed by atoms with Crippen LogP contribution in [0, 0.1) is 6.92 Å². The predicted molar refractivity (Wildman–Crippen MR) is 95.3 cm³/mol. The highest BCUT2D eigenvalue weighted by Crippen LogP contribution is 2.17. The normalized spacial score (nSPS) is 12.0. The lowest BCUT2D eigenvalue weighted by molar-refractivity contribution is -0.148. The van der Waals surface area contributed by atoms with Crippen LogP contribution in [0.5, 0.6) is 5.75 Å². The van der Waals surface area contributed by atoms with E-state index in [4.69, 9.17) is 9.47 Å². The molecule has 0 aliphatic heterocycles. The van der Waals surface area contributed by atoms with Crippen LogP contribution in [0.4, 0.5) is 5.69 Å². The van der Waals surface area contributed by atoms with Gasteiger partial charge in [0.25, 0.3) is 5.91 Å². The van der Waals surface area contributed by atoms with Gasteiger partial charge in [0.2, 0.25) is 0 Å². The summed E-state index contributed by atoms with van der Waals surface area (Å²) in [6.45, 7) is 3.49. The van der Waals surface area contributed by atoms with Crippen LogP contribution in [-0.4, -0.2) is 25.1 Å². The quantitative estimate of drug-likeness (QED) is 0.641. The minimum absolute atomic E-state index is 0.394. The van der Waals surface area contributed by atoms with E-state index in [-0.39, 0.29) is 0 Å². The number of carbonyl (C=O) groups excluding carboxylic acids is 2. The van der Waals surface area contributed by atoms with Crippen molar-refractivity contribution in [3.8, 4) is 5.75 Å². The van der Waals surface area contributed by atoms with Crippen molar-refractivity contribution in [3.05, 3.63) is 52.2 Å². The summed E-state index contributed by atoms with van der Waals surface area (Å²) in [6, 6.07) is 8.87. The highest BCUT2D eigenvalue weighted by Gasteiger charge is 2.16. The topological polar surface area (TPSA) is 64.6 Å². The van der Waals surface area contributed by atoms with Gasteiger partial charge in [-0.2, -0.15) is 0 Å². The van der Waals surface area contributed by atoms with Gasteiger partial charge in [-0.3, -0.25) is 4.79 Å². The van der Waals surface area contributed by atoms with Gasteiger partial charge in [0.05, 0.1) is 7.11 Å². The van der Waals surface area contributed by atoms with Crippen molar-refractivity contribution in [2.45, 2.75) is 20.0 Å². The van der Waals surface area contributed by atoms with Gasteiger partial charge >= 0.3 is 5.97 Å². The first-order valence-electron chi connectivity index (χ1n) is 7.37. The number of ether oxygens (including phenoxy) is 2. The van der Waals surface area contributed by atoms with Gasteiger partial charge in [0.1, 0.15) is 5.75 Å². The van der Waals surface area contributed by atoms with E-state index < -0.39 is 18.0 Å². The fourth-order valence-electron chi connectivity index (χ4n) is 1.88. The molecule has 126 valence electrons. The number of carbonyl (C=O) groups is 2. The molecule has 0 fully saturated rings. The molecule has 0 saturated carbocycles. The fourth-order valence-corrected chi connectivity index (χ4v) is 2.70. The Morgan fingerprint density at radius 2 is 1.92 bits per heavy atom. The Balaban J connectivity index is 1.87. The standard InChI is InChI=1S/C18H19NO4S/c1-12-10-11-24-16(12)8-9-17(20)23-13(2)18(21)19-14-4-6-15(22-3)7-5-14/h4-11,13H,1-3H3,(H,19,21)/b9-8+/t13-/m1/s1. The van der Waals surface area contributed by atoms with E-state index in [9.17, 15) is 9.59 Å². The molecular weight excluding hydrogens is 326 g/mol. The molecule has 6 heteroatoms. The molecule has 24 heavy (non-hydrogen) atoms. The van der Waals surface area contributed by atoms with E-state index in [0.29, 0.717) is 11.4 Å². The number of hydrogen-bond acceptors (Lipinski definition) is 5. The average Bonchev–Trinajstić information content (AvgIpc) is 2.98. The predicted octanol–water partition coefficient (Wildman–Crippen LogP) is 3.65. The zero-order valence-electron chi connectivity index (χ0n) is 13.7. The number of amides is 1. The maximum absolute atomic E-state index is 12.0. The number of benzene rings is 1. The lowest BCUT2D eigenvalue weighted by atomic mass is 10.2. The van der Waals surface area contributed by atoms with Gasteiger partial charge in [0, 0.05) is 16.6 Å². The van der Waals surface area contributed by atoms with Crippen LogP contribution >= 0.6 is 11.3 Å². The molecule has 1 amide bonds. The summed E-state index contributed by atoms with van der Waals surface area (Å²) in [5.41, 5.74) is 1.70. The second-order valence-electron chi connectivity index (χ2n) is 5.10. The minimum atomic E-state index is -0.895. The molecule has 5 nitrogen and oxygen atoms in total. The van der Waals surface area contributed by atoms with Crippen LogP contribution in [0.3, 0.4) is 0 Å². The summed E-state index contributed by atoms with van der Waals surface area (Å²) in [5, 5.41) is 4.63. The van der Waals surface area contributed by atoms with Crippen LogP contribution in [-0.2, 0) is 14.3 Å². The molecule has 2 rings (SSSR count). The minimum Gasteiger partial charge on any atom is -0.497 e. The third kappa shape index (κ3) is 4.96. The number of methoxy groups -OCH3 is 1. The molecule has 0 aliphatic rings. The first-order valence-corrected chi connectivity index (χ1v) is 8.25. The second-order valence-corrected chi connectivity index (χ2v) is 6.05. The van der Waals surface area contributed by atoms with Crippen LogP contribution in [0.15, 0.2) is 41.8 Å². The number of thiophene rings is 1. The van der Waals surface area contributed by atoms with Crippen molar-refractivity contribution >= 4 is 35.0 Å². The average molecular weight is 345 g/mol. The van der Waals surface area contributed by atoms with Crippen LogP contribution in [0.25, 0.3) is 6.08 Å². The van der Waals surface area contributed by atoms with Crippen LogP contribution in [0.2, 0.25) is 0 Å². The summed E-state index contributed by atoms with van der Waals surface area (Å²) in [5.74, 6) is -0.254. The lowest BCUT2D eigenvalue weighted by Crippen LogP contribution is -2.29. The van der Waals surface area contributed by atoms with Gasteiger partial charge < -0.3 is 14.8 Å². The molecule has 1 heterocycles. The number of esters is 1. The smallest absolute Gasteiger partial charge is 0.331 e. The molecule has 2 aromatic rings. The van der Waals surface area contributed by atoms with Crippen molar-refractivity contribution in [1.82, 2.24) is 0 Å². The van der Waals surface area contributed by atoms with E-state index in [1.54, 1.807) is 37.5 Å². The highest BCUT2D eigenvalue weighted by molar-refractivity contribution is 7.11. The highest BCUT2D eigenvalue weighted by atomic mass is 32.1. The summed E-state index contributed by atoms with van der Waals surface area (Å²) in [7, 11) is 1.57. The Morgan fingerprint density at radius 3 is 2.50 bits per heavy atom. The summed E-state index contributed by atoms with van der Waals surface area (Å²) < 4.78 is 10.2. The van der Waals surface area contributed by atoms with E-state index >= 15 is 0 Å². The van der Waals surface area contributed by atoms with Crippen molar-refractivity contribution in [2.24, 2.45) is 0 Å². The molecular formula is C18H19NO4S. The summed E-state index contributed by atoms with van der Waals surface area (Å²) in [4.78, 5) is 24.8. The van der Waals surface area contributed by atoms with Crippen molar-refractivity contribution in [3.63, 3.8) is 0 Å².